The highest BCUT2D eigenvalue weighted by Crippen LogP contribution is 2.48. The van der Waals surface area contributed by atoms with Crippen molar-refractivity contribution < 1.29 is 14.4 Å². The quantitative estimate of drug-likeness (QED) is 0.136. The van der Waals surface area contributed by atoms with E-state index in [4.69, 9.17) is 0 Å². The Hall–Kier alpha value is -4.23. The molecule has 51 heavy (non-hydrogen) atoms. The molecule has 1 saturated carbocycles. The van der Waals surface area contributed by atoms with Gasteiger partial charge < -0.3 is 0 Å². The molecule has 0 aromatic heterocycles. The highest BCUT2D eigenvalue weighted by Gasteiger charge is 2.32. The minimum Gasteiger partial charge on any atom is -0.289 e. The van der Waals surface area contributed by atoms with Crippen LogP contribution in [-0.2, 0) is 0 Å². The van der Waals surface area contributed by atoms with Crippen LogP contribution >= 0.6 is 47.8 Å². The van der Waals surface area contributed by atoms with Gasteiger partial charge in [0.05, 0.1) is 0 Å². The summed E-state index contributed by atoms with van der Waals surface area (Å²) in [7, 11) is 0. The summed E-state index contributed by atoms with van der Waals surface area (Å²) in [6.07, 6.45) is 2.87. The molecule has 0 atom stereocenters. The van der Waals surface area contributed by atoms with Gasteiger partial charge in [0.2, 0.25) is 0 Å². The highest BCUT2D eigenvalue weighted by molar-refractivity contribution is 9.11. The Labute approximate surface area is 323 Å². The molecule has 0 radical (unpaired) electrons. The van der Waals surface area contributed by atoms with E-state index < -0.39 is 0 Å². The van der Waals surface area contributed by atoms with Crippen LogP contribution < -0.4 is 0 Å². The molecule has 1 fully saturated rings. The molecule has 6 heteroatoms. The largest absolute Gasteiger partial charge is 0.289 e. The molecule has 0 heterocycles. The second kappa shape index (κ2) is 15.6. The molecule has 6 aromatic rings. The van der Waals surface area contributed by atoms with Crippen molar-refractivity contribution in [2.45, 2.75) is 37.0 Å². The third kappa shape index (κ3) is 8.14. The van der Waals surface area contributed by atoms with Crippen molar-refractivity contribution in [1.82, 2.24) is 0 Å². The van der Waals surface area contributed by atoms with E-state index in [1.807, 2.05) is 109 Å². The minimum atomic E-state index is 0.00370. The lowest BCUT2D eigenvalue weighted by Crippen LogP contribution is -2.20. The van der Waals surface area contributed by atoms with Gasteiger partial charge in [0.25, 0.3) is 0 Å². The van der Waals surface area contributed by atoms with Crippen LogP contribution in [0, 0.1) is 0 Å². The molecular weight excluding hydrogens is 828 g/mol. The van der Waals surface area contributed by atoms with E-state index in [9.17, 15) is 14.4 Å². The number of carbonyl (C=O) groups is 3. The van der Waals surface area contributed by atoms with E-state index in [1.165, 1.54) is 16.7 Å². The Balaban J connectivity index is 1.15. The lowest BCUT2D eigenvalue weighted by atomic mass is 9.68. The maximum absolute atomic E-state index is 13.2. The molecule has 3 nitrogen and oxygen atoms in total. The molecule has 1 aliphatic rings. The predicted octanol–water partition coefficient (Wildman–Crippen LogP) is 12.5. The first-order valence-corrected chi connectivity index (χ1v) is 19.3. The van der Waals surface area contributed by atoms with Crippen LogP contribution in [0.15, 0.2) is 159 Å². The highest BCUT2D eigenvalue weighted by atomic mass is 79.9. The zero-order valence-electron chi connectivity index (χ0n) is 27.6. The maximum atomic E-state index is 13.2. The van der Waals surface area contributed by atoms with Gasteiger partial charge in [-0.2, -0.15) is 0 Å². The molecule has 252 valence electrons. The van der Waals surface area contributed by atoms with E-state index in [0.717, 1.165) is 32.7 Å². The van der Waals surface area contributed by atoms with Crippen molar-refractivity contribution in [2.24, 2.45) is 0 Å². The zero-order valence-corrected chi connectivity index (χ0v) is 32.3. The lowest BCUT2D eigenvalue weighted by molar-refractivity contribution is 0.103. The van der Waals surface area contributed by atoms with Crippen LogP contribution in [-0.4, -0.2) is 17.3 Å². The van der Waals surface area contributed by atoms with Crippen molar-refractivity contribution in [3.05, 3.63) is 209 Å². The van der Waals surface area contributed by atoms with Crippen LogP contribution in [0.1, 0.15) is 101 Å². The Bertz CT molecular complexity index is 1910. The van der Waals surface area contributed by atoms with E-state index in [0.29, 0.717) is 33.4 Å². The van der Waals surface area contributed by atoms with Crippen molar-refractivity contribution in [2.75, 3.05) is 0 Å². The summed E-state index contributed by atoms with van der Waals surface area (Å²) < 4.78 is 2.81. The zero-order chi connectivity index (χ0) is 35.5. The smallest absolute Gasteiger partial charge is 0.193 e. The number of hydrogen-bond acceptors (Lipinski definition) is 3. The number of halogens is 3. The number of ketones is 3. The Morgan fingerprint density at radius 3 is 0.686 bits per heavy atom. The molecule has 0 amide bonds. The first-order valence-electron chi connectivity index (χ1n) is 16.9. The third-order valence-corrected chi connectivity index (χ3v) is 11.5. The average Bonchev–Trinajstić information content (AvgIpc) is 3.18. The summed E-state index contributed by atoms with van der Waals surface area (Å²) in [6.45, 7) is 0. The lowest BCUT2D eigenvalue weighted by Gasteiger charge is -2.36. The predicted molar refractivity (Wildman–Crippen MR) is 214 cm³/mol. The Morgan fingerprint density at radius 1 is 0.314 bits per heavy atom. The van der Waals surface area contributed by atoms with Gasteiger partial charge in [-0.15, -0.1) is 0 Å². The topological polar surface area (TPSA) is 51.2 Å². The number of hydrogen-bond donors (Lipinski definition) is 0. The maximum Gasteiger partial charge on any atom is 0.193 e. The molecule has 0 N–H and O–H groups in total. The van der Waals surface area contributed by atoms with Crippen LogP contribution in [0.4, 0.5) is 0 Å². The third-order valence-electron chi connectivity index (χ3n) is 9.96. The summed E-state index contributed by atoms with van der Waals surface area (Å²) in [4.78, 5) is 39.6. The Morgan fingerprint density at radius 2 is 0.490 bits per heavy atom. The van der Waals surface area contributed by atoms with Crippen molar-refractivity contribution in [3.8, 4) is 0 Å². The molecule has 0 unspecified atom stereocenters. The number of rotatable bonds is 9. The van der Waals surface area contributed by atoms with Crippen LogP contribution in [0.3, 0.4) is 0 Å². The van der Waals surface area contributed by atoms with E-state index in [-0.39, 0.29) is 35.1 Å². The number of carbonyl (C=O) groups excluding carboxylic acids is 3. The summed E-state index contributed by atoms with van der Waals surface area (Å²) in [5.41, 5.74) is 7.61. The summed E-state index contributed by atoms with van der Waals surface area (Å²) >= 11 is 10.3. The Kier molecular flexibility index (Phi) is 10.7. The van der Waals surface area contributed by atoms with Crippen molar-refractivity contribution in [3.63, 3.8) is 0 Å². The second-order valence-electron chi connectivity index (χ2n) is 13.2. The summed E-state index contributed by atoms with van der Waals surface area (Å²) in [6, 6.07) is 46.7. The van der Waals surface area contributed by atoms with E-state index in [1.54, 1.807) is 0 Å². The first-order chi connectivity index (χ1) is 24.7. The molecule has 0 bridgehead atoms. The molecule has 6 aromatic carbocycles. The molecule has 0 aliphatic heterocycles. The van der Waals surface area contributed by atoms with Crippen molar-refractivity contribution >= 4 is 65.1 Å². The minimum absolute atomic E-state index is 0.00370. The van der Waals surface area contributed by atoms with Gasteiger partial charge in [0.15, 0.2) is 17.3 Å². The van der Waals surface area contributed by atoms with Crippen LogP contribution in [0.2, 0.25) is 0 Å². The standard InChI is InChI=1S/C45H33Br3O3/c46-40-19-13-34(14-20-40)43(49)31-7-1-28(2-8-31)37-25-38(29-3-9-32(10-4-29)44(50)35-15-21-41(47)22-16-35)27-39(26-37)30-5-11-33(12-6-30)45(51)36-17-23-42(48)24-18-36/h1-24,37-39H,25-27H2. The van der Waals surface area contributed by atoms with Gasteiger partial charge in [-0.05, 0) is 127 Å². The second-order valence-corrected chi connectivity index (χ2v) is 15.9. The first kappa shape index (κ1) is 35.2. The van der Waals surface area contributed by atoms with Crippen molar-refractivity contribution in [1.29, 1.82) is 0 Å². The fourth-order valence-electron chi connectivity index (χ4n) is 7.16. The van der Waals surface area contributed by atoms with Gasteiger partial charge in [-0.1, -0.05) is 121 Å². The SMILES string of the molecule is O=C(c1ccc(Br)cc1)c1ccc(C2CC(c3ccc(C(=O)c4ccc(Br)cc4)cc3)CC(c3ccc(C(=O)c4ccc(Br)cc4)cc3)C2)cc1. The van der Waals surface area contributed by atoms with Gasteiger partial charge >= 0.3 is 0 Å². The fourth-order valence-corrected chi connectivity index (χ4v) is 7.95. The van der Waals surface area contributed by atoms with Gasteiger partial charge in [-0.3, -0.25) is 14.4 Å². The number of benzene rings is 6. The van der Waals surface area contributed by atoms with Crippen LogP contribution in [0.25, 0.3) is 0 Å². The molecule has 1 aliphatic carbocycles. The molecule has 7 rings (SSSR count). The summed E-state index contributed by atoms with van der Waals surface area (Å²) in [5, 5.41) is 0. The van der Waals surface area contributed by atoms with E-state index in [2.05, 4.69) is 84.2 Å². The van der Waals surface area contributed by atoms with Crippen LogP contribution in [0.5, 0.6) is 0 Å². The molecular formula is C45H33Br3O3. The molecule has 0 spiro atoms. The monoisotopic (exact) mass is 858 g/mol. The average molecular weight is 861 g/mol. The fraction of sp³-hybridized carbons (Fsp3) is 0.133. The van der Waals surface area contributed by atoms with Gasteiger partial charge in [-0.25, -0.2) is 0 Å². The molecule has 0 saturated heterocycles. The summed E-state index contributed by atoms with van der Waals surface area (Å²) in [5.74, 6) is 0.799. The normalized spacial score (nSPS) is 17.1. The van der Waals surface area contributed by atoms with Gasteiger partial charge in [0, 0.05) is 46.8 Å². The van der Waals surface area contributed by atoms with E-state index >= 15 is 0 Å². The van der Waals surface area contributed by atoms with Gasteiger partial charge in [0.1, 0.15) is 0 Å².